The molecule has 1 N–H and O–H groups in total. The number of nitrogens with zero attached hydrogens (tertiary/aromatic N) is 1. The SMILES string of the molecule is Cc1cccc(CN(C)S(=O)(=O)C2CCNC2)c1. The van der Waals surface area contributed by atoms with E-state index in [2.05, 4.69) is 5.32 Å². The lowest BCUT2D eigenvalue weighted by molar-refractivity contribution is 0.457. The molecular formula is C13H20N2O2S. The number of hydrogen-bond acceptors (Lipinski definition) is 3. The molecule has 0 bridgehead atoms. The van der Waals surface area contributed by atoms with E-state index in [1.165, 1.54) is 4.31 Å². The van der Waals surface area contributed by atoms with Crippen molar-refractivity contribution in [3.05, 3.63) is 35.4 Å². The van der Waals surface area contributed by atoms with E-state index in [0.29, 0.717) is 19.5 Å². The van der Waals surface area contributed by atoms with Crippen molar-refractivity contribution < 1.29 is 8.42 Å². The van der Waals surface area contributed by atoms with Crippen LogP contribution in [0, 0.1) is 6.92 Å². The molecule has 5 heteroatoms. The van der Waals surface area contributed by atoms with Crippen molar-refractivity contribution in [2.24, 2.45) is 0 Å². The molecule has 0 radical (unpaired) electrons. The lowest BCUT2D eigenvalue weighted by atomic mass is 10.1. The molecule has 1 heterocycles. The molecule has 100 valence electrons. The fraction of sp³-hybridized carbons (Fsp3) is 0.538. The number of rotatable bonds is 4. The summed E-state index contributed by atoms with van der Waals surface area (Å²) in [5, 5.41) is 2.83. The topological polar surface area (TPSA) is 49.4 Å². The zero-order valence-electron chi connectivity index (χ0n) is 10.9. The van der Waals surface area contributed by atoms with Crippen molar-refractivity contribution in [2.75, 3.05) is 20.1 Å². The van der Waals surface area contributed by atoms with Gasteiger partial charge < -0.3 is 5.32 Å². The minimum atomic E-state index is -3.18. The first-order chi connectivity index (χ1) is 8.50. The van der Waals surface area contributed by atoms with Crippen LogP contribution in [0.15, 0.2) is 24.3 Å². The van der Waals surface area contributed by atoms with Gasteiger partial charge in [-0.15, -0.1) is 0 Å². The first-order valence-corrected chi connectivity index (χ1v) is 7.72. The summed E-state index contributed by atoms with van der Waals surface area (Å²) in [7, 11) is -1.52. The van der Waals surface area contributed by atoms with Crippen LogP contribution in [0.25, 0.3) is 0 Å². The zero-order valence-corrected chi connectivity index (χ0v) is 11.7. The number of aryl methyl sites for hydroxylation is 1. The minimum Gasteiger partial charge on any atom is -0.315 e. The number of nitrogens with one attached hydrogen (secondary N) is 1. The quantitative estimate of drug-likeness (QED) is 0.890. The summed E-state index contributed by atoms with van der Waals surface area (Å²) in [6, 6.07) is 7.96. The Morgan fingerprint density at radius 1 is 1.44 bits per heavy atom. The van der Waals surface area contributed by atoms with Crippen molar-refractivity contribution in [1.82, 2.24) is 9.62 Å². The third-order valence-electron chi connectivity index (χ3n) is 3.36. The molecule has 0 amide bonds. The van der Waals surface area contributed by atoms with Crippen LogP contribution in [0.3, 0.4) is 0 Å². The van der Waals surface area contributed by atoms with Gasteiger partial charge in [-0.05, 0) is 25.5 Å². The maximum atomic E-state index is 12.3. The molecule has 2 rings (SSSR count). The summed E-state index contributed by atoms with van der Waals surface area (Å²) in [5.74, 6) is 0. The molecule has 0 saturated carbocycles. The number of hydrogen-bond donors (Lipinski definition) is 1. The van der Waals surface area contributed by atoms with Gasteiger partial charge in [0.1, 0.15) is 0 Å². The molecular weight excluding hydrogens is 248 g/mol. The molecule has 4 nitrogen and oxygen atoms in total. The standard InChI is InChI=1S/C13H20N2O2S/c1-11-4-3-5-12(8-11)10-15(2)18(16,17)13-6-7-14-9-13/h3-5,8,13-14H,6-7,9-10H2,1-2H3. The highest BCUT2D eigenvalue weighted by molar-refractivity contribution is 7.89. The Hall–Kier alpha value is -0.910. The maximum absolute atomic E-state index is 12.3. The second-order valence-electron chi connectivity index (χ2n) is 4.90. The third kappa shape index (κ3) is 2.91. The maximum Gasteiger partial charge on any atom is 0.218 e. The molecule has 0 spiro atoms. The molecule has 1 saturated heterocycles. The van der Waals surface area contributed by atoms with Gasteiger partial charge >= 0.3 is 0 Å². The Morgan fingerprint density at radius 3 is 2.83 bits per heavy atom. The molecule has 1 unspecified atom stereocenters. The van der Waals surface area contributed by atoms with E-state index >= 15 is 0 Å². The van der Waals surface area contributed by atoms with Gasteiger partial charge in [-0.2, -0.15) is 0 Å². The lowest BCUT2D eigenvalue weighted by Crippen LogP contribution is -2.36. The van der Waals surface area contributed by atoms with Crippen molar-refractivity contribution >= 4 is 10.0 Å². The average molecular weight is 268 g/mol. The van der Waals surface area contributed by atoms with E-state index < -0.39 is 10.0 Å². The Balaban J connectivity index is 2.09. The molecule has 1 atom stereocenters. The van der Waals surface area contributed by atoms with Gasteiger partial charge in [0.15, 0.2) is 0 Å². The van der Waals surface area contributed by atoms with Gasteiger partial charge in [0.05, 0.1) is 5.25 Å². The monoisotopic (exact) mass is 268 g/mol. The first-order valence-electron chi connectivity index (χ1n) is 6.21. The normalized spacial score (nSPS) is 20.5. The smallest absolute Gasteiger partial charge is 0.218 e. The highest BCUT2D eigenvalue weighted by Crippen LogP contribution is 2.16. The second kappa shape index (κ2) is 5.38. The lowest BCUT2D eigenvalue weighted by Gasteiger charge is -2.21. The second-order valence-corrected chi connectivity index (χ2v) is 7.22. The third-order valence-corrected chi connectivity index (χ3v) is 5.60. The summed E-state index contributed by atoms with van der Waals surface area (Å²) < 4.78 is 26.1. The minimum absolute atomic E-state index is 0.271. The highest BCUT2D eigenvalue weighted by atomic mass is 32.2. The Labute approximate surface area is 109 Å². The first kappa shape index (κ1) is 13.5. The summed E-state index contributed by atoms with van der Waals surface area (Å²) in [6.45, 7) is 3.82. The van der Waals surface area contributed by atoms with Gasteiger partial charge in [-0.3, -0.25) is 0 Å². The van der Waals surface area contributed by atoms with Gasteiger partial charge in [-0.25, -0.2) is 12.7 Å². The van der Waals surface area contributed by atoms with Crippen LogP contribution in [0.4, 0.5) is 0 Å². The van der Waals surface area contributed by atoms with Crippen molar-refractivity contribution in [3.8, 4) is 0 Å². The van der Waals surface area contributed by atoms with E-state index in [0.717, 1.165) is 17.7 Å². The Kier molecular flexibility index (Phi) is 4.04. The molecule has 0 aromatic heterocycles. The van der Waals surface area contributed by atoms with Crippen LogP contribution in [-0.2, 0) is 16.6 Å². The van der Waals surface area contributed by atoms with E-state index in [9.17, 15) is 8.42 Å². The summed E-state index contributed by atoms with van der Waals surface area (Å²) in [5.41, 5.74) is 2.19. The fourth-order valence-corrected chi connectivity index (χ4v) is 3.88. The molecule has 18 heavy (non-hydrogen) atoms. The van der Waals surface area contributed by atoms with Crippen LogP contribution in [0.2, 0.25) is 0 Å². The number of sulfonamides is 1. The van der Waals surface area contributed by atoms with Crippen LogP contribution < -0.4 is 5.32 Å². The van der Waals surface area contributed by atoms with E-state index in [4.69, 9.17) is 0 Å². The van der Waals surface area contributed by atoms with Crippen LogP contribution >= 0.6 is 0 Å². The predicted molar refractivity (Wildman–Crippen MR) is 72.8 cm³/mol. The van der Waals surface area contributed by atoms with E-state index in [1.54, 1.807) is 7.05 Å². The van der Waals surface area contributed by atoms with Crippen LogP contribution in [0.1, 0.15) is 17.5 Å². The van der Waals surface area contributed by atoms with E-state index in [-0.39, 0.29) is 5.25 Å². The zero-order chi connectivity index (χ0) is 13.2. The van der Waals surface area contributed by atoms with Gasteiger partial charge in [0.2, 0.25) is 10.0 Å². The molecule has 1 aliphatic heterocycles. The summed E-state index contributed by atoms with van der Waals surface area (Å²) >= 11 is 0. The van der Waals surface area contributed by atoms with Gasteiger partial charge in [-0.1, -0.05) is 29.8 Å². The number of benzene rings is 1. The van der Waals surface area contributed by atoms with Crippen LogP contribution in [-0.4, -0.2) is 38.1 Å². The average Bonchev–Trinajstić information content (AvgIpc) is 2.82. The summed E-state index contributed by atoms with van der Waals surface area (Å²) in [6.07, 6.45) is 0.709. The fourth-order valence-electron chi connectivity index (χ4n) is 2.29. The molecule has 1 aromatic rings. The van der Waals surface area contributed by atoms with Crippen molar-refractivity contribution in [1.29, 1.82) is 0 Å². The van der Waals surface area contributed by atoms with Crippen LogP contribution in [0.5, 0.6) is 0 Å². The molecule has 0 aliphatic carbocycles. The highest BCUT2D eigenvalue weighted by Gasteiger charge is 2.31. The summed E-state index contributed by atoms with van der Waals surface area (Å²) in [4.78, 5) is 0. The van der Waals surface area contributed by atoms with Crippen molar-refractivity contribution in [3.63, 3.8) is 0 Å². The molecule has 1 aliphatic rings. The van der Waals surface area contributed by atoms with E-state index in [1.807, 2.05) is 31.2 Å². The van der Waals surface area contributed by atoms with Gasteiger partial charge in [0, 0.05) is 20.1 Å². The predicted octanol–water partition coefficient (Wildman–Crippen LogP) is 1.12. The Bertz CT molecular complexity index is 507. The molecule has 1 fully saturated rings. The molecule has 1 aromatic carbocycles. The largest absolute Gasteiger partial charge is 0.315 e. The Morgan fingerprint density at radius 2 is 2.22 bits per heavy atom. The van der Waals surface area contributed by atoms with Crippen molar-refractivity contribution in [2.45, 2.75) is 25.1 Å². The van der Waals surface area contributed by atoms with Gasteiger partial charge in [0.25, 0.3) is 0 Å².